The van der Waals surface area contributed by atoms with Gasteiger partial charge in [0.05, 0.1) is 21.6 Å². The monoisotopic (exact) mass is 352 g/mol. The minimum atomic E-state index is -0.128. The normalized spacial score (nSPS) is 40.4. The average molecular weight is 353 g/mol. The largest absolute Gasteiger partial charge is 0.505 e. The van der Waals surface area contributed by atoms with Crippen molar-refractivity contribution >= 4 is 34.9 Å². The van der Waals surface area contributed by atoms with E-state index in [4.69, 9.17) is 23.2 Å². The van der Waals surface area contributed by atoms with E-state index >= 15 is 0 Å². The highest BCUT2D eigenvalue weighted by Gasteiger charge is 2.64. The van der Waals surface area contributed by atoms with Gasteiger partial charge in [0.15, 0.2) is 5.75 Å². The molecular weight excluding hydrogens is 335 g/mol. The summed E-state index contributed by atoms with van der Waals surface area (Å²) in [5.41, 5.74) is 0.604. The topological polar surface area (TPSA) is 52.6 Å². The average Bonchev–Trinajstić information content (AvgIpc) is 2.75. The second kappa shape index (κ2) is 4.48. The molecule has 4 nitrogen and oxygen atoms in total. The maximum Gasteiger partial charge on any atom is 0.322 e. The highest BCUT2D eigenvalue weighted by Crippen LogP contribution is 2.59. The molecule has 6 heteroatoms. The molecule has 1 heterocycles. The molecule has 4 saturated carbocycles. The molecule has 2 N–H and O–H groups in total. The molecule has 1 spiro atoms. The lowest BCUT2D eigenvalue weighted by atomic mass is 9.51. The van der Waals surface area contributed by atoms with E-state index in [0.717, 1.165) is 24.7 Å². The molecule has 1 saturated heterocycles. The Hall–Kier alpha value is -1.13. The Morgan fingerprint density at radius 2 is 1.74 bits per heavy atom. The number of phenolic OH excluding ortho intramolecular Hbond substituents is 1. The molecule has 2 amide bonds. The second-order valence-electron chi connectivity index (χ2n) is 7.77. The van der Waals surface area contributed by atoms with Crippen molar-refractivity contribution in [3.63, 3.8) is 0 Å². The molecule has 1 aromatic carbocycles. The fraction of sp³-hybridized carbons (Fsp3) is 0.588. The van der Waals surface area contributed by atoms with Gasteiger partial charge in [0.2, 0.25) is 0 Å². The van der Waals surface area contributed by atoms with E-state index in [-0.39, 0.29) is 33.4 Å². The van der Waals surface area contributed by atoms with Crippen molar-refractivity contribution in [3.8, 4) is 5.75 Å². The first-order valence-corrected chi connectivity index (χ1v) is 9.02. The molecule has 4 aliphatic carbocycles. The van der Waals surface area contributed by atoms with Crippen molar-refractivity contribution in [3.05, 3.63) is 22.2 Å². The molecule has 23 heavy (non-hydrogen) atoms. The highest BCUT2D eigenvalue weighted by molar-refractivity contribution is 6.37. The molecule has 5 aliphatic rings. The Labute approximate surface area is 144 Å². The number of aromatic hydroxyl groups is 1. The maximum absolute atomic E-state index is 12.8. The van der Waals surface area contributed by atoms with Gasteiger partial charge in [0.1, 0.15) is 0 Å². The van der Waals surface area contributed by atoms with Gasteiger partial charge in [-0.2, -0.15) is 0 Å². The molecule has 4 bridgehead atoms. The summed E-state index contributed by atoms with van der Waals surface area (Å²) in [6.07, 6.45) is 5.94. The summed E-state index contributed by atoms with van der Waals surface area (Å²) in [5, 5.41) is 13.5. The van der Waals surface area contributed by atoms with Crippen LogP contribution in [0.15, 0.2) is 12.1 Å². The van der Waals surface area contributed by atoms with Crippen LogP contribution in [0.5, 0.6) is 5.75 Å². The van der Waals surface area contributed by atoms with Crippen LogP contribution in [0.3, 0.4) is 0 Å². The molecule has 122 valence electrons. The van der Waals surface area contributed by atoms with Gasteiger partial charge in [-0.25, -0.2) is 4.79 Å². The van der Waals surface area contributed by atoms with Gasteiger partial charge in [0.25, 0.3) is 0 Å². The maximum atomic E-state index is 12.8. The van der Waals surface area contributed by atoms with Crippen molar-refractivity contribution in [2.45, 2.75) is 43.7 Å². The Morgan fingerprint density at radius 3 is 2.35 bits per heavy atom. The minimum Gasteiger partial charge on any atom is -0.505 e. The van der Waals surface area contributed by atoms with Crippen LogP contribution in [0.1, 0.15) is 32.1 Å². The summed E-state index contributed by atoms with van der Waals surface area (Å²) in [5.74, 6) is 1.94. The Bertz CT molecular complexity index is 686. The number of benzene rings is 1. The standard InChI is InChI=1S/C17H18Cl2N2O2/c18-12-4-11(5-13(19)14(12)22)21-15-10-2-8-1-9(3-10)7-17(15,6-8)20-16(21)23/h4-5,8-10,15,22H,1-3,6-7H2,(H,20,23). The Morgan fingerprint density at radius 1 is 1.13 bits per heavy atom. The fourth-order valence-electron chi connectivity index (χ4n) is 6.02. The van der Waals surface area contributed by atoms with Crippen molar-refractivity contribution in [2.75, 3.05) is 4.90 Å². The number of phenols is 1. The Kier molecular flexibility index (Phi) is 2.77. The first-order valence-electron chi connectivity index (χ1n) is 8.26. The number of rotatable bonds is 1. The van der Waals surface area contributed by atoms with Crippen LogP contribution in [0.25, 0.3) is 0 Å². The van der Waals surface area contributed by atoms with Gasteiger partial charge in [-0.3, -0.25) is 4.90 Å². The number of nitrogens with zero attached hydrogens (tertiary/aromatic N) is 1. The lowest BCUT2D eigenvalue weighted by molar-refractivity contribution is -0.0177. The molecule has 0 aromatic heterocycles. The molecule has 3 atom stereocenters. The zero-order valence-electron chi connectivity index (χ0n) is 12.6. The first kappa shape index (κ1) is 14.2. The number of urea groups is 1. The summed E-state index contributed by atoms with van der Waals surface area (Å²) in [4.78, 5) is 14.6. The molecule has 1 aromatic rings. The molecule has 5 fully saturated rings. The SMILES string of the molecule is O=C1NC23CC4CC(CC(C4)C2N1c1cc(Cl)c(O)c(Cl)c1)C3. The lowest BCUT2D eigenvalue weighted by Gasteiger charge is -2.58. The zero-order valence-corrected chi connectivity index (χ0v) is 14.1. The summed E-state index contributed by atoms with van der Waals surface area (Å²) >= 11 is 12.2. The number of amides is 2. The van der Waals surface area contributed by atoms with E-state index in [1.807, 2.05) is 4.90 Å². The quantitative estimate of drug-likeness (QED) is 0.796. The van der Waals surface area contributed by atoms with Crippen molar-refractivity contribution in [1.29, 1.82) is 0 Å². The second-order valence-corrected chi connectivity index (χ2v) is 8.58. The van der Waals surface area contributed by atoms with Crippen LogP contribution >= 0.6 is 23.2 Å². The number of hydrogen-bond acceptors (Lipinski definition) is 2. The third-order valence-corrected chi connectivity index (χ3v) is 6.97. The van der Waals surface area contributed by atoms with Gasteiger partial charge in [-0.15, -0.1) is 0 Å². The molecule has 3 unspecified atom stereocenters. The Balaban J connectivity index is 1.61. The number of carbonyl (C=O) groups excluding carboxylic acids is 1. The zero-order chi connectivity index (χ0) is 15.9. The number of nitrogens with one attached hydrogen (secondary N) is 1. The van der Waals surface area contributed by atoms with Crippen LogP contribution in [0.2, 0.25) is 10.0 Å². The third-order valence-electron chi connectivity index (χ3n) is 6.39. The van der Waals surface area contributed by atoms with E-state index < -0.39 is 0 Å². The fourth-order valence-corrected chi connectivity index (χ4v) is 6.49. The van der Waals surface area contributed by atoms with E-state index in [1.165, 1.54) is 19.3 Å². The van der Waals surface area contributed by atoms with Gasteiger partial charge < -0.3 is 10.4 Å². The van der Waals surface area contributed by atoms with Crippen LogP contribution in [0, 0.1) is 17.8 Å². The summed E-state index contributed by atoms with van der Waals surface area (Å²) in [7, 11) is 0. The van der Waals surface area contributed by atoms with E-state index in [9.17, 15) is 9.90 Å². The van der Waals surface area contributed by atoms with E-state index in [0.29, 0.717) is 11.6 Å². The number of hydrogen-bond donors (Lipinski definition) is 2. The number of anilines is 1. The molecular formula is C17H18Cl2N2O2. The van der Waals surface area contributed by atoms with E-state index in [2.05, 4.69) is 5.32 Å². The first-order chi connectivity index (χ1) is 11.0. The van der Waals surface area contributed by atoms with Crippen molar-refractivity contribution in [2.24, 2.45) is 17.8 Å². The summed E-state index contributed by atoms with van der Waals surface area (Å²) < 4.78 is 0. The van der Waals surface area contributed by atoms with Crippen LogP contribution < -0.4 is 10.2 Å². The molecule has 0 radical (unpaired) electrons. The van der Waals surface area contributed by atoms with Crippen molar-refractivity contribution < 1.29 is 9.90 Å². The minimum absolute atomic E-state index is 0.0546. The smallest absolute Gasteiger partial charge is 0.322 e. The summed E-state index contributed by atoms with van der Waals surface area (Å²) in [6.45, 7) is 0. The van der Waals surface area contributed by atoms with Crippen LogP contribution in [-0.2, 0) is 0 Å². The van der Waals surface area contributed by atoms with Gasteiger partial charge >= 0.3 is 6.03 Å². The number of carbonyl (C=O) groups is 1. The van der Waals surface area contributed by atoms with E-state index in [1.54, 1.807) is 12.1 Å². The van der Waals surface area contributed by atoms with Crippen LogP contribution in [0.4, 0.5) is 10.5 Å². The number of halogens is 2. The van der Waals surface area contributed by atoms with Gasteiger partial charge in [-0.1, -0.05) is 23.2 Å². The lowest BCUT2D eigenvalue weighted by Crippen LogP contribution is -2.64. The molecule has 6 rings (SSSR count). The van der Waals surface area contributed by atoms with Crippen molar-refractivity contribution in [1.82, 2.24) is 5.32 Å². The predicted octanol–water partition coefficient (Wildman–Crippen LogP) is 4.18. The van der Waals surface area contributed by atoms with Gasteiger partial charge in [-0.05, 0) is 62.0 Å². The predicted molar refractivity (Wildman–Crippen MR) is 89.2 cm³/mol. The third kappa shape index (κ3) is 1.82. The summed E-state index contributed by atoms with van der Waals surface area (Å²) in [6, 6.07) is 3.42. The van der Waals surface area contributed by atoms with Gasteiger partial charge in [0, 0.05) is 5.69 Å². The van der Waals surface area contributed by atoms with Crippen LogP contribution in [-0.4, -0.2) is 22.7 Å². The molecule has 1 aliphatic heterocycles. The highest BCUT2D eigenvalue weighted by atomic mass is 35.5.